The van der Waals surface area contributed by atoms with E-state index in [1.54, 1.807) is 49.4 Å². The first-order valence-electron chi connectivity index (χ1n) is 8.55. The van der Waals surface area contributed by atoms with Gasteiger partial charge in [-0.15, -0.1) is 0 Å². The third-order valence-electron chi connectivity index (χ3n) is 4.09. The Balaban J connectivity index is 1.95. The molecule has 0 bridgehead atoms. The van der Waals surface area contributed by atoms with Gasteiger partial charge in [0.25, 0.3) is 5.91 Å². The van der Waals surface area contributed by atoms with Gasteiger partial charge in [0.05, 0.1) is 5.54 Å². The molecule has 2 rings (SSSR count). The van der Waals surface area contributed by atoms with Crippen molar-refractivity contribution in [1.82, 2.24) is 5.32 Å². The number of anilines is 1. The van der Waals surface area contributed by atoms with Gasteiger partial charge >= 0.3 is 0 Å². The molecule has 6 heteroatoms. The molecule has 4 N–H and O–H groups in total. The van der Waals surface area contributed by atoms with Crippen LogP contribution in [0.25, 0.3) is 0 Å². The zero-order chi connectivity index (χ0) is 19.2. The van der Waals surface area contributed by atoms with Gasteiger partial charge in [-0.3, -0.25) is 9.59 Å². The Kier molecular flexibility index (Phi) is 6.46. The summed E-state index contributed by atoms with van der Waals surface area (Å²) < 4.78 is 13.6. The van der Waals surface area contributed by atoms with Crippen LogP contribution in [0.15, 0.2) is 48.5 Å². The SMILES string of the molecule is CCCC(C)(N)C(=O)Nc1ccc(C(=O)NCc2ccccc2F)cc1. The van der Waals surface area contributed by atoms with Crippen molar-refractivity contribution in [1.29, 1.82) is 0 Å². The van der Waals surface area contributed by atoms with Crippen molar-refractivity contribution in [2.24, 2.45) is 5.73 Å². The van der Waals surface area contributed by atoms with Crippen LogP contribution in [0.1, 0.15) is 42.6 Å². The summed E-state index contributed by atoms with van der Waals surface area (Å²) in [6.45, 7) is 3.76. The molecule has 1 atom stereocenters. The fourth-order valence-corrected chi connectivity index (χ4v) is 2.53. The number of hydrogen-bond donors (Lipinski definition) is 3. The Labute approximate surface area is 152 Å². The summed E-state index contributed by atoms with van der Waals surface area (Å²) in [6.07, 6.45) is 1.39. The monoisotopic (exact) mass is 357 g/mol. The van der Waals surface area contributed by atoms with E-state index in [-0.39, 0.29) is 24.2 Å². The van der Waals surface area contributed by atoms with Gasteiger partial charge in [-0.2, -0.15) is 0 Å². The molecule has 26 heavy (non-hydrogen) atoms. The molecular formula is C20H24FN3O2. The number of carbonyl (C=O) groups excluding carboxylic acids is 2. The fraction of sp³-hybridized carbons (Fsp3) is 0.300. The first-order valence-corrected chi connectivity index (χ1v) is 8.55. The lowest BCUT2D eigenvalue weighted by molar-refractivity contribution is -0.120. The second-order valence-corrected chi connectivity index (χ2v) is 6.47. The van der Waals surface area contributed by atoms with Crippen LogP contribution in [0.4, 0.5) is 10.1 Å². The molecule has 2 amide bonds. The lowest BCUT2D eigenvalue weighted by atomic mass is 9.96. The minimum Gasteiger partial charge on any atom is -0.348 e. The van der Waals surface area contributed by atoms with E-state index in [4.69, 9.17) is 5.73 Å². The number of nitrogens with one attached hydrogen (secondary N) is 2. The highest BCUT2D eigenvalue weighted by Crippen LogP contribution is 2.15. The number of rotatable bonds is 7. The summed E-state index contributed by atoms with van der Waals surface area (Å²) in [7, 11) is 0. The van der Waals surface area contributed by atoms with Crippen LogP contribution >= 0.6 is 0 Å². The second-order valence-electron chi connectivity index (χ2n) is 6.47. The maximum absolute atomic E-state index is 13.6. The number of benzene rings is 2. The lowest BCUT2D eigenvalue weighted by Crippen LogP contribution is -2.48. The van der Waals surface area contributed by atoms with Gasteiger partial charge in [0.2, 0.25) is 5.91 Å². The van der Waals surface area contributed by atoms with Gasteiger partial charge in [-0.05, 0) is 43.7 Å². The molecule has 0 aliphatic carbocycles. The molecule has 0 spiro atoms. The predicted molar refractivity (Wildman–Crippen MR) is 100 cm³/mol. The molecule has 2 aromatic rings. The highest BCUT2D eigenvalue weighted by Gasteiger charge is 2.27. The molecular weight excluding hydrogens is 333 g/mol. The van der Waals surface area contributed by atoms with Crippen molar-refractivity contribution in [3.63, 3.8) is 0 Å². The van der Waals surface area contributed by atoms with Gasteiger partial charge in [0.1, 0.15) is 5.82 Å². The topological polar surface area (TPSA) is 84.2 Å². The number of halogens is 1. The van der Waals surface area contributed by atoms with Crippen LogP contribution in [-0.4, -0.2) is 17.4 Å². The van der Waals surface area contributed by atoms with Crippen molar-refractivity contribution >= 4 is 17.5 Å². The number of hydrogen-bond acceptors (Lipinski definition) is 3. The summed E-state index contributed by atoms with van der Waals surface area (Å²) in [4.78, 5) is 24.3. The van der Waals surface area contributed by atoms with Crippen LogP contribution in [0.3, 0.4) is 0 Å². The van der Waals surface area contributed by atoms with Crippen LogP contribution in [0, 0.1) is 5.82 Å². The van der Waals surface area contributed by atoms with E-state index in [1.165, 1.54) is 6.07 Å². The van der Waals surface area contributed by atoms with Crippen LogP contribution < -0.4 is 16.4 Å². The highest BCUT2D eigenvalue weighted by atomic mass is 19.1. The molecule has 0 saturated heterocycles. The molecule has 2 aromatic carbocycles. The molecule has 0 aliphatic rings. The summed E-state index contributed by atoms with van der Waals surface area (Å²) >= 11 is 0. The van der Waals surface area contributed by atoms with E-state index in [1.807, 2.05) is 6.92 Å². The number of amides is 2. The molecule has 138 valence electrons. The second kappa shape index (κ2) is 8.58. The Morgan fingerprint density at radius 2 is 1.77 bits per heavy atom. The summed E-state index contributed by atoms with van der Waals surface area (Å²) in [5.41, 5.74) is 6.46. The molecule has 0 radical (unpaired) electrons. The first-order chi connectivity index (χ1) is 12.3. The smallest absolute Gasteiger partial charge is 0.251 e. The van der Waals surface area contributed by atoms with Crippen molar-refractivity contribution in [3.05, 3.63) is 65.5 Å². The minimum atomic E-state index is -0.940. The quantitative estimate of drug-likeness (QED) is 0.711. The molecule has 0 fully saturated rings. The average molecular weight is 357 g/mol. The maximum Gasteiger partial charge on any atom is 0.251 e. The Hall–Kier alpha value is -2.73. The molecule has 0 saturated carbocycles. The van der Waals surface area contributed by atoms with Crippen molar-refractivity contribution in [2.45, 2.75) is 38.8 Å². The van der Waals surface area contributed by atoms with Gasteiger partial charge in [-0.1, -0.05) is 31.5 Å². The third kappa shape index (κ3) is 5.13. The predicted octanol–water partition coefficient (Wildman–Crippen LogP) is 3.21. The molecule has 0 aliphatic heterocycles. The highest BCUT2D eigenvalue weighted by molar-refractivity contribution is 5.98. The summed E-state index contributed by atoms with van der Waals surface area (Å²) in [6, 6.07) is 12.7. The van der Waals surface area contributed by atoms with E-state index in [2.05, 4.69) is 10.6 Å². The summed E-state index contributed by atoms with van der Waals surface area (Å²) in [5.74, 6) is -0.945. The van der Waals surface area contributed by atoms with Crippen molar-refractivity contribution in [3.8, 4) is 0 Å². The zero-order valence-corrected chi connectivity index (χ0v) is 15.0. The molecule has 5 nitrogen and oxygen atoms in total. The summed E-state index contributed by atoms with van der Waals surface area (Å²) in [5, 5.41) is 5.42. The Bertz CT molecular complexity index is 773. The number of nitrogens with two attached hydrogens (primary N) is 1. The van der Waals surface area contributed by atoms with E-state index >= 15 is 0 Å². The third-order valence-corrected chi connectivity index (χ3v) is 4.09. The largest absolute Gasteiger partial charge is 0.348 e. The van der Waals surface area contributed by atoms with Gasteiger partial charge in [0, 0.05) is 23.4 Å². The van der Waals surface area contributed by atoms with Crippen molar-refractivity contribution in [2.75, 3.05) is 5.32 Å². The number of carbonyl (C=O) groups is 2. The molecule has 0 aromatic heterocycles. The van der Waals surface area contributed by atoms with Crippen LogP contribution in [0.5, 0.6) is 0 Å². The van der Waals surface area contributed by atoms with E-state index in [0.29, 0.717) is 23.2 Å². The van der Waals surface area contributed by atoms with Gasteiger partial charge in [-0.25, -0.2) is 4.39 Å². The van der Waals surface area contributed by atoms with E-state index < -0.39 is 5.54 Å². The average Bonchev–Trinajstić information content (AvgIpc) is 2.61. The maximum atomic E-state index is 13.6. The Morgan fingerprint density at radius 3 is 2.38 bits per heavy atom. The fourth-order valence-electron chi connectivity index (χ4n) is 2.53. The van der Waals surface area contributed by atoms with Crippen LogP contribution in [0.2, 0.25) is 0 Å². The molecule has 0 heterocycles. The van der Waals surface area contributed by atoms with Crippen molar-refractivity contribution < 1.29 is 14.0 Å². The zero-order valence-electron chi connectivity index (χ0n) is 15.0. The first kappa shape index (κ1) is 19.6. The van der Waals surface area contributed by atoms with E-state index in [0.717, 1.165) is 6.42 Å². The van der Waals surface area contributed by atoms with Gasteiger partial charge < -0.3 is 16.4 Å². The standard InChI is InChI=1S/C20H24FN3O2/c1-3-12-20(2,22)19(26)24-16-10-8-14(9-11-16)18(25)23-13-15-6-4-5-7-17(15)21/h4-11H,3,12-13,22H2,1-2H3,(H,23,25)(H,24,26). The molecule has 1 unspecified atom stereocenters. The van der Waals surface area contributed by atoms with Gasteiger partial charge in [0.15, 0.2) is 0 Å². The Morgan fingerprint density at radius 1 is 1.12 bits per heavy atom. The van der Waals surface area contributed by atoms with E-state index in [9.17, 15) is 14.0 Å². The minimum absolute atomic E-state index is 0.104. The lowest BCUT2D eigenvalue weighted by Gasteiger charge is -2.22. The van der Waals surface area contributed by atoms with Crippen LogP contribution in [-0.2, 0) is 11.3 Å². The normalized spacial score (nSPS) is 12.9.